The maximum Gasteiger partial charge on any atom is 0.251 e. The first kappa shape index (κ1) is 17.4. The molecule has 0 fully saturated rings. The number of benzene rings is 2. The molecule has 130 valence electrons. The molecule has 0 radical (unpaired) electrons. The molecule has 0 saturated heterocycles. The highest BCUT2D eigenvalue weighted by Crippen LogP contribution is 2.12. The van der Waals surface area contributed by atoms with E-state index in [1.807, 2.05) is 61.5 Å². The summed E-state index contributed by atoms with van der Waals surface area (Å²) in [6, 6.07) is 16.7. The molecule has 0 amide bonds. The number of aryl methyl sites for hydroxylation is 1. The number of hydrogen-bond acceptors (Lipinski definition) is 3. The molecular formula is C19H20N2O3S. The number of rotatable bonds is 6. The van der Waals surface area contributed by atoms with Crippen LogP contribution in [0.25, 0.3) is 10.9 Å². The van der Waals surface area contributed by atoms with Gasteiger partial charge in [0, 0.05) is 17.6 Å². The first-order valence-corrected chi connectivity index (χ1v) is 9.73. The molecule has 0 spiro atoms. The average molecular weight is 356 g/mol. The lowest BCUT2D eigenvalue weighted by Gasteiger charge is -2.09. The number of aromatic nitrogens is 1. The molecule has 0 saturated carbocycles. The molecule has 3 rings (SSSR count). The van der Waals surface area contributed by atoms with Gasteiger partial charge in [0.2, 0.25) is 10.0 Å². The van der Waals surface area contributed by atoms with E-state index in [1.165, 1.54) is 0 Å². The second kappa shape index (κ2) is 7.21. The van der Waals surface area contributed by atoms with Gasteiger partial charge in [0.25, 0.3) is 5.56 Å². The molecule has 0 aliphatic heterocycles. The highest BCUT2D eigenvalue weighted by Gasteiger charge is 2.13. The van der Waals surface area contributed by atoms with E-state index < -0.39 is 10.0 Å². The van der Waals surface area contributed by atoms with E-state index in [0.29, 0.717) is 12.0 Å². The van der Waals surface area contributed by atoms with E-state index in [9.17, 15) is 13.2 Å². The van der Waals surface area contributed by atoms with E-state index in [1.54, 1.807) is 0 Å². The summed E-state index contributed by atoms with van der Waals surface area (Å²) in [4.78, 5) is 14.9. The van der Waals surface area contributed by atoms with Crippen LogP contribution in [-0.4, -0.2) is 19.9 Å². The first-order valence-electron chi connectivity index (χ1n) is 8.07. The number of sulfonamides is 1. The smallest absolute Gasteiger partial charge is 0.251 e. The third kappa shape index (κ3) is 4.35. The van der Waals surface area contributed by atoms with Crippen LogP contribution < -0.4 is 10.3 Å². The maximum absolute atomic E-state index is 12.2. The van der Waals surface area contributed by atoms with E-state index in [0.717, 1.165) is 22.0 Å². The number of para-hydroxylation sites is 1. The van der Waals surface area contributed by atoms with Gasteiger partial charge in [0.15, 0.2) is 0 Å². The molecular weight excluding hydrogens is 336 g/mol. The second-order valence-corrected chi connectivity index (χ2v) is 7.85. The van der Waals surface area contributed by atoms with Gasteiger partial charge in [-0.25, -0.2) is 13.1 Å². The molecule has 0 unspecified atom stereocenters. The molecule has 0 atom stereocenters. The van der Waals surface area contributed by atoms with Crippen molar-refractivity contribution in [2.75, 3.05) is 6.54 Å². The Hall–Kier alpha value is -2.44. The summed E-state index contributed by atoms with van der Waals surface area (Å²) in [6.07, 6.45) is 0.340. The van der Waals surface area contributed by atoms with Crippen LogP contribution in [0.2, 0.25) is 0 Å². The lowest BCUT2D eigenvalue weighted by atomic mass is 10.1. The van der Waals surface area contributed by atoms with Gasteiger partial charge in [-0.3, -0.25) is 4.79 Å². The number of hydrogen-bond donors (Lipinski definition) is 2. The Kier molecular flexibility index (Phi) is 5.01. The van der Waals surface area contributed by atoms with Gasteiger partial charge in [-0.05, 0) is 42.0 Å². The standard InChI is InChI=1S/C19H20N2O3S/c1-14-6-2-3-8-17(14)13-25(23,24)20-11-10-16-12-15-7-4-5-9-18(15)21-19(16)22/h2-9,12,20H,10-11,13H2,1H3,(H,21,22). The topological polar surface area (TPSA) is 79.0 Å². The predicted octanol–water partition coefficient (Wildman–Crippen LogP) is 2.50. The molecule has 6 heteroatoms. The molecule has 3 aromatic rings. The highest BCUT2D eigenvalue weighted by molar-refractivity contribution is 7.88. The van der Waals surface area contributed by atoms with Gasteiger partial charge in [-0.2, -0.15) is 0 Å². The number of nitrogens with one attached hydrogen (secondary N) is 2. The summed E-state index contributed by atoms with van der Waals surface area (Å²) in [7, 11) is -3.44. The van der Waals surface area contributed by atoms with Crippen molar-refractivity contribution in [2.24, 2.45) is 0 Å². The summed E-state index contributed by atoms with van der Waals surface area (Å²) in [5.41, 5.74) is 2.88. The Bertz CT molecular complexity index is 1060. The zero-order valence-corrected chi connectivity index (χ0v) is 14.8. The van der Waals surface area contributed by atoms with Gasteiger partial charge in [-0.1, -0.05) is 42.5 Å². The van der Waals surface area contributed by atoms with Crippen molar-refractivity contribution < 1.29 is 8.42 Å². The normalized spacial score (nSPS) is 11.7. The molecule has 25 heavy (non-hydrogen) atoms. The Morgan fingerprint density at radius 3 is 2.52 bits per heavy atom. The molecule has 2 N–H and O–H groups in total. The van der Waals surface area contributed by atoms with Crippen LogP contribution in [-0.2, 0) is 22.2 Å². The predicted molar refractivity (Wildman–Crippen MR) is 100 cm³/mol. The van der Waals surface area contributed by atoms with Gasteiger partial charge < -0.3 is 4.98 Å². The van der Waals surface area contributed by atoms with Crippen molar-refractivity contribution in [1.29, 1.82) is 0 Å². The molecule has 0 bridgehead atoms. The van der Waals surface area contributed by atoms with Crippen LogP contribution >= 0.6 is 0 Å². The summed E-state index contributed by atoms with van der Waals surface area (Å²) in [5, 5.41) is 0.930. The van der Waals surface area contributed by atoms with Crippen LogP contribution in [0.5, 0.6) is 0 Å². The molecule has 0 aliphatic rings. The number of fused-ring (bicyclic) bond motifs is 1. The number of H-pyrrole nitrogens is 1. The van der Waals surface area contributed by atoms with Crippen LogP contribution in [0.4, 0.5) is 0 Å². The SMILES string of the molecule is Cc1ccccc1CS(=O)(=O)NCCc1cc2ccccc2[nH]c1=O. The minimum atomic E-state index is -3.44. The molecule has 2 aromatic carbocycles. The lowest BCUT2D eigenvalue weighted by Crippen LogP contribution is -2.28. The highest BCUT2D eigenvalue weighted by atomic mass is 32.2. The second-order valence-electron chi connectivity index (χ2n) is 6.04. The summed E-state index contributed by atoms with van der Waals surface area (Å²) in [5.74, 6) is -0.0618. The van der Waals surface area contributed by atoms with E-state index in [2.05, 4.69) is 9.71 Å². The fourth-order valence-electron chi connectivity index (χ4n) is 2.75. The van der Waals surface area contributed by atoms with Crippen molar-refractivity contribution in [3.63, 3.8) is 0 Å². The van der Waals surface area contributed by atoms with Crippen molar-refractivity contribution >= 4 is 20.9 Å². The Balaban J connectivity index is 1.67. The summed E-state index contributed by atoms with van der Waals surface area (Å²) >= 11 is 0. The monoisotopic (exact) mass is 356 g/mol. The fraction of sp³-hybridized carbons (Fsp3) is 0.211. The average Bonchev–Trinajstić information content (AvgIpc) is 2.57. The van der Waals surface area contributed by atoms with E-state index >= 15 is 0 Å². The van der Waals surface area contributed by atoms with Crippen molar-refractivity contribution in [3.8, 4) is 0 Å². The zero-order chi connectivity index (χ0) is 17.9. The van der Waals surface area contributed by atoms with Crippen molar-refractivity contribution in [3.05, 3.63) is 81.6 Å². The molecule has 1 aromatic heterocycles. The first-order chi connectivity index (χ1) is 11.9. The van der Waals surface area contributed by atoms with Crippen LogP contribution in [0, 0.1) is 6.92 Å². The van der Waals surface area contributed by atoms with Crippen LogP contribution in [0.3, 0.4) is 0 Å². The number of aromatic amines is 1. The quantitative estimate of drug-likeness (QED) is 0.712. The van der Waals surface area contributed by atoms with Crippen molar-refractivity contribution in [1.82, 2.24) is 9.71 Å². The van der Waals surface area contributed by atoms with Crippen LogP contribution in [0.1, 0.15) is 16.7 Å². The largest absolute Gasteiger partial charge is 0.322 e. The molecule has 0 aliphatic carbocycles. The van der Waals surface area contributed by atoms with Gasteiger partial charge >= 0.3 is 0 Å². The molecule has 5 nitrogen and oxygen atoms in total. The summed E-state index contributed by atoms with van der Waals surface area (Å²) in [6.45, 7) is 2.08. The zero-order valence-electron chi connectivity index (χ0n) is 14.0. The van der Waals surface area contributed by atoms with Gasteiger partial charge in [0.1, 0.15) is 0 Å². The Labute approximate surface area is 146 Å². The van der Waals surface area contributed by atoms with E-state index in [4.69, 9.17) is 0 Å². The fourth-order valence-corrected chi connectivity index (χ4v) is 4.00. The maximum atomic E-state index is 12.2. The van der Waals surface area contributed by atoms with Crippen LogP contribution in [0.15, 0.2) is 59.4 Å². The van der Waals surface area contributed by atoms with E-state index in [-0.39, 0.29) is 17.9 Å². The Morgan fingerprint density at radius 1 is 1.00 bits per heavy atom. The Morgan fingerprint density at radius 2 is 1.72 bits per heavy atom. The minimum Gasteiger partial charge on any atom is -0.322 e. The van der Waals surface area contributed by atoms with Gasteiger partial charge in [0.05, 0.1) is 5.75 Å². The summed E-state index contributed by atoms with van der Waals surface area (Å²) < 4.78 is 27.1. The third-order valence-electron chi connectivity index (χ3n) is 4.15. The third-order valence-corrected chi connectivity index (χ3v) is 5.49. The lowest BCUT2D eigenvalue weighted by molar-refractivity contribution is 0.580. The minimum absolute atomic E-state index is 0.0618. The van der Waals surface area contributed by atoms with Gasteiger partial charge in [-0.15, -0.1) is 0 Å². The number of pyridine rings is 1. The van der Waals surface area contributed by atoms with Crippen molar-refractivity contribution in [2.45, 2.75) is 19.1 Å². The molecule has 1 heterocycles.